The van der Waals surface area contributed by atoms with Crippen LogP contribution in [0.2, 0.25) is 0 Å². The van der Waals surface area contributed by atoms with E-state index in [-0.39, 0.29) is 19.2 Å². The van der Waals surface area contributed by atoms with Gasteiger partial charge < -0.3 is 14.6 Å². The Hall–Kier alpha value is -2.13. The fraction of sp³-hybridized carbons (Fsp3) is 0.600. The van der Waals surface area contributed by atoms with Gasteiger partial charge in [-0.1, -0.05) is 6.92 Å². The van der Waals surface area contributed by atoms with Crippen LogP contribution in [0.25, 0.3) is 11.0 Å². The molecule has 8 nitrogen and oxygen atoms in total. The molecule has 2 aromatic heterocycles. The van der Waals surface area contributed by atoms with E-state index < -0.39 is 21.4 Å². The molecule has 29 heavy (non-hydrogen) atoms. The molecule has 158 valence electrons. The number of aromatic amines is 1. The number of fused-ring (bicyclic) bond motifs is 1. The summed E-state index contributed by atoms with van der Waals surface area (Å²) in [5.74, 6) is 0.322. The van der Waals surface area contributed by atoms with Crippen molar-refractivity contribution >= 4 is 27.1 Å². The van der Waals surface area contributed by atoms with Crippen LogP contribution in [-0.2, 0) is 14.8 Å². The van der Waals surface area contributed by atoms with Gasteiger partial charge in [0.2, 0.25) is 10.0 Å². The lowest BCUT2D eigenvalue weighted by Crippen LogP contribution is -2.60. The average molecular weight is 421 g/mol. The molecule has 0 saturated carbocycles. The van der Waals surface area contributed by atoms with Crippen LogP contribution in [0.5, 0.6) is 0 Å². The number of likely N-dealkylation sites (tertiary alicyclic amines) is 1. The molecule has 2 fully saturated rings. The lowest BCUT2D eigenvalue weighted by atomic mass is 9.90. The number of aromatic nitrogens is 2. The van der Waals surface area contributed by atoms with E-state index in [9.17, 15) is 13.2 Å². The minimum Gasteiger partial charge on any atom is -0.446 e. The lowest BCUT2D eigenvalue weighted by molar-refractivity contribution is 0.0521. The Kier molecular flexibility index (Phi) is 5.52. The van der Waals surface area contributed by atoms with Crippen molar-refractivity contribution in [2.45, 2.75) is 50.4 Å². The molecule has 4 heterocycles. The Morgan fingerprint density at radius 3 is 2.76 bits per heavy atom. The number of ether oxygens (including phenoxy) is 1. The van der Waals surface area contributed by atoms with Crippen LogP contribution in [0.4, 0.5) is 4.79 Å². The molecule has 0 radical (unpaired) electrons. The maximum Gasteiger partial charge on any atom is 0.410 e. The summed E-state index contributed by atoms with van der Waals surface area (Å²) < 4.78 is 32.8. The van der Waals surface area contributed by atoms with Gasteiger partial charge in [-0.25, -0.2) is 22.5 Å². The number of hydrogen-bond donors (Lipinski definition) is 1. The highest BCUT2D eigenvalue weighted by molar-refractivity contribution is 7.89. The number of piperidine rings is 1. The number of hydrogen-bond acceptors (Lipinski definition) is 5. The van der Waals surface area contributed by atoms with Crippen molar-refractivity contribution in [3.63, 3.8) is 0 Å². The van der Waals surface area contributed by atoms with Crippen LogP contribution >= 0.6 is 0 Å². The summed E-state index contributed by atoms with van der Waals surface area (Å²) in [6.07, 6.45) is 5.50. The Bertz CT molecular complexity index is 975. The molecule has 2 saturated heterocycles. The molecule has 0 spiro atoms. The first kappa shape index (κ1) is 20.2. The van der Waals surface area contributed by atoms with Crippen molar-refractivity contribution in [2.24, 2.45) is 0 Å². The molecule has 1 unspecified atom stereocenters. The highest BCUT2D eigenvalue weighted by atomic mass is 32.2. The summed E-state index contributed by atoms with van der Waals surface area (Å²) in [5.41, 5.74) is 2.09. The van der Waals surface area contributed by atoms with Crippen LogP contribution in [0.1, 0.15) is 44.6 Å². The van der Waals surface area contributed by atoms with Crippen molar-refractivity contribution < 1.29 is 17.9 Å². The van der Waals surface area contributed by atoms with Gasteiger partial charge in [-0.05, 0) is 49.8 Å². The zero-order chi connectivity index (χ0) is 20.6. The summed E-state index contributed by atoms with van der Waals surface area (Å²) in [5, 5.41) is 0.587. The summed E-state index contributed by atoms with van der Waals surface area (Å²) in [6.45, 7) is 5.22. The van der Waals surface area contributed by atoms with Gasteiger partial charge in [0, 0.05) is 44.0 Å². The largest absolute Gasteiger partial charge is 0.446 e. The van der Waals surface area contributed by atoms with Crippen molar-refractivity contribution in [3.05, 3.63) is 30.1 Å². The predicted molar refractivity (Wildman–Crippen MR) is 110 cm³/mol. The number of rotatable bonds is 5. The molecular formula is C20H28N4O4S. The van der Waals surface area contributed by atoms with Gasteiger partial charge in [0.25, 0.3) is 0 Å². The van der Waals surface area contributed by atoms with E-state index in [1.165, 1.54) is 10.5 Å². The lowest BCUT2D eigenvalue weighted by Gasteiger charge is -2.41. The predicted octanol–water partition coefficient (Wildman–Crippen LogP) is 2.69. The van der Waals surface area contributed by atoms with Crippen molar-refractivity contribution in [1.82, 2.24) is 19.2 Å². The van der Waals surface area contributed by atoms with E-state index in [1.807, 2.05) is 26.1 Å². The number of nitrogens with zero attached hydrogens (tertiary/aromatic N) is 3. The third-order valence-electron chi connectivity index (χ3n) is 6.14. The molecule has 1 N–H and O–H groups in total. The SMILES string of the molecule is CCC(C)OC(=O)N1CC(S(=O)(=O)N2CCC(c3c[nH]c4ncccc34)CC2)C1. The number of amides is 1. The van der Waals surface area contributed by atoms with Crippen molar-refractivity contribution in [3.8, 4) is 0 Å². The summed E-state index contributed by atoms with van der Waals surface area (Å²) >= 11 is 0. The number of sulfonamides is 1. The van der Waals surface area contributed by atoms with Crippen LogP contribution in [0.15, 0.2) is 24.5 Å². The minimum absolute atomic E-state index is 0.156. The molecule has 1 amide bonds. The monoisotopic (exact) mass is 420 g/mol. The van der Waals surface area contributed by atoms with Gasteiger partial charge in [0.15, 0.2) is 0 Å². The number of carbonyl (C=O) groups is 1. The first-order chi connectivity index (χ1) is 13.9. The number of pyridine rings is 1. The van der Waals surface area contributed by atoms with Gasteiger partial charge in [-0.2, -0.15) is 0 Å². The fourth-order valence-electron chi connectivity index (χ4n) is 4.05. The Morgan fingerprint density at radius 1 is 1.34 bits per heavy atom. The fourth-order valence-corrected chi connectivity index (χ4v) is 5.93. The number of carbonyl (C=O) groups excluding carboxylic acids is 1. The van der Waals surface area contributed by atoms with Gasteiger partial charge in [-0.15, -0.1) is 0 Å². The Morgan fingerprint density at radius 2 is 2.07 bits per heavy atom. The molecule has 0 aliphatic carbocycles. The second kappa shape index (κ2) is 7.95. The highest BCUT2D eigenvalue weighted by Gasteiger charge is 2.44. The molecule has 2 aromatic rings. The average Bonchev–Trinajstić information content (AvgIpc) is 3.10. The minimum atomic E-state index is -3.40. The van der Waals surface area contributed by atoms with Gasteiger partial charge in [0.1, 0.15) is 17.0 Å². The second-order valence-electron chi connectivity index (χ2n) is 7.99. The maximum absolute atomic E-state index is 13.0. The number of H-pyrrole nitrogens is 1. The molecule has 0 aromatic carbocycles. The summed E-state index contributed by atoms with van der Waals surface area (Å²) in [6, 6.07) is 3.98. The van der Waals surface area contributed by atoms with E-state index in [0.29, 0.717) is 19.0 Å². The van der Waals surface area contributed by atoms with Crippen molar-refractivity contribution in [2.75, 3.05) is 26.2 Å². The number of nitrogens with one attached hydrogen (secondary N) is 1. The zero-order valence-electron chi connectivity index (χ0n) is 16.9. The third-order valence-corrected chi connectivity index (χ3v) is 8.37. The first-order valence-electron chi connectivity index (χ1n) is 10.3. The molecule has 2 aliphatic rings. The van der Waals surface area contributed by atoms with E-state index in [0.717, 1.165) is 30.3 Å². The normalized spacial score (nSPS) is 20.6. The third kappa shape index (κ3) is 3.85. The molecule has 9 heteroatoms. The van der Waals surface area contributed by atoms with E-state index >= 15 is 0 Å². The van der Waals surface area contributed by atoms with Gasteiger partial charge >= 0.3 is 6.09 Å². The second-order valence-corrected chi connectivity index (χ2v) is 10.2. The molecule has 0 bridgehead atoms. The smallest absolute Gasteiger partial charge is 0.410 e. The summed E-state index contributed by atoms with van der Waals surface area (Å²) in [7, 11) is -3.40. The van der Waals surface area contributed by atoms with Crippen LogP contribution in [0.3, 0.4) is 0 Å². The summed E-state index contributed by atoms with van der Waals surface area (Å²) in [4.78, 5) is 21.0. The first-order valence-corrected chi connectivity index (χ1v) is 11.8. The topological polar surface area (TPSA) is 95.6 Å². The van der Waals surface area contributed by atoms with Crippen LogP contribution in [0, 0.1) is 0 Å². The molecule has 4 rings (SSSR count). The Balaban J connectivity index is 1.33. The zero-order valence-corrected chi connectivity index (χ0v) is 17.7. The van der Waals surface area contributed by atoms with Crippen LogP contribution < -0.4 is 0 Å². The Labute approximate surface area is 171 Å². The standard InChI is InChI=1S/C20H28N4O4S/c1-3-14(2)28-20(25)23-12-16(13-23)29(26,27)24-9-6-15(7-10-24)18-11-22-19-17(18)5-4-8-21-19/h4-5,8,11,14-16H,3,6-7,9-10,12-13H2,1-2H3,(H,21,22). The highest BCUT2D eigenvalue weighted by Crippen LogP contribution is 2.34. The maximum atomic E-state index is 13.0. The van der Waals surface area contributed by atoms with E-state index in [1.54, 1.807) is 10.5 Å². The van der Waals surface area contributed by atoms with Crippen LogP contribution in [-0.4, -0.2) is 71.2 Å². The van der Waals surface area contributed by atoms with E-state index in [4.69, 9.17) is 4.74 Å². The van der Waals surface area contributed by atoms with Gasteiger partial charge in [0.05, 0.1) is 0 Å². The molecule has 2 aliphatic heterocycles. The molecule has 1 atom stereocenters. The molecular weight excluding hydrogens is 392 g/mol. The van der Waals surface area contributed by atoms with Gasteiger partial charge in [-0.3, -0.25) is 0 Å². The van der Waals surface area contributed by atoms with E-state index in [2.05, 4.69) is 16.0 Å². The van der Waals surface area contributed by atoms with Crippen molar-refractivity contribution in [1.29, 1.82) is 0 Å². The quantitative estimate of drug-likeness (QED) is 0.802.